The third-order valence-corrected chi connectivity index (χ3v) is 3.65. The van der Waals surface area contributed by atoms with Crippen molar-refractivity contribution in [2.24, 2.45) is 0 Å². The number of carbonyl (C=O) groups is 5. The summed E-state index contributed by atoms with van der Waals surface area (Å²) in [6, 6.07) is 6.27. The number of carboxylic acid groups (broad SMARTS) is 2. The first-order chi connectivity index (χ1) is 16.2. The molecule has 0 aliphatic heterocycles. The Kier molecular flexibility index (Phi) is 25.0. The van der Waals surface area contributed by atoms with Gasteiger partial charge in [-0.05, 0) is 31.9 Å². The molecular weight excluding hydrogens is 448 g/mol. The molecule has 0 radical (unpaired) electrons. The van der Waals surface area contributed by atoms with Crippen LogP contribution in [0.5, 0.6) is 0 Å². The van der Waals surface area contributed by atoms with Gasteiger partial charge in [0.25, 0.3) is 5.91 Å². The molecule has 0 heterocycles. The number of nitrogens with one attached hydrogen (secondary N) is 2. The van der Waals surface area contributed by atoms with E-state index in [0.717, 1.165) is 32.1 Å². The topological polar surface area (TPSA) is 179 Å². The number of aldehydes is 1. The Bertz CT molecular complexity index is 707. The molecule has 0 saturated carbocycles. The van der Waals surface area contributed by atoms with Gasteiger partial charge < -0.3 is 30.7 Å². The second-order valence-corrected chi connectivity index (χ2v) is 6.21. The molecule has 5 N–H and O–H groups in total. The predicted octanol–water partition coefficient (Wildman–Crippen LogP) is 2.39. The van der Waals surface area contributed by atoms with Crippen LogP contribution in [0.2, 0.25) is 0 Å². The standard InChI is InChI=1S/C12H17NO.C8H11NO7.C2H6.CH4O/c1-3-4-9-13-12(14)11-7-5-10(2)6-8-11;10-3-4-16-8(15)9-5(7(13)14)1-2-6(11)12;2*1-2/h5-8H,3-4,9H2,1-2H3,(H,13,14);3,5H,1-2,4H2,(H,9,15)(H,11,12)(H,13,14);1-2H3;2H,1H3. The number of aliphatic hydroxyl groups is 1. The van der Waals surface area contributed by atoms with Crippen LogP contribution in [0, 0.1) is 6.92 Å². The summed E-state index contributed by atoms with van der Waals surface area (Å²) in [5, 5.41) is 28.8. The monoisotopic (exact) mass is 486 g/mol. The Labute approximate surface area is 200 Å². The third-order valence-electron chi connectivity index (χ3n) is 3.65. The van der Waals surface area contributed by atoms with Gasteiger partial charge in [-0.2, -0.15) is 0 Å². The number of carboxylic acids is 2. The first kappa shape index (κ1) is 35.1. The van der Waals surface area contributed by atoms with Crippen LogP contribution < -0.4 is 10.6 Å². The van der Waals surface area contributed by atoms with Gasteiger partial charge in [-0.1, -0.05) is 44.9 Å². The number of carbonyl (C=O) groups excluding carboxylic acids is 3. The molecule has 1 rings (SSSR count). The zero-order chi connectivity index (χ0) is 26.9. The summed E-state index contributed by atoms with van der Waals surface area (Å²) < 4.78 is 4.25. The smallest absolute Gasteiger partial charge is 0.408 e. The lowest BCUT2D eigenvalue weighted by atomic mass is 10.1. The summed E-state index contributed by atoms with van der Waals surface area (Å²) in [5.41, 5.74) is 1.92. The summed E-state index contributed by atoms with van der Waals surface area (Å²) in [5.74, 6) is -2.52. The average Bonchev–Trinajstić information content (AvgIpc) is 2.83. The van der Waals surface area contributed by atoms with E-state index in [1.54, 1.807) is 0 Å². The zero-order valence-corrected chi connectivity index (χ0v) is 20.5. The van der Waals surface area contributed by atoms with Crippen molar-refractivity contribution >= 4 is 30.2 Å². The largest absolute Gasteiger partial charge is 0.481 e. The molecule has 0 spiro atoms. The van der Waals surface area contributed by atoms with Gasteiger partial charge in [0.05, 0.1) is 0 Å². The van der Waals surface area contributed by atoms with Crippen LogP contribution in [0.3, 0.4) is 0 Å². The maximum atomic E-state index is 11.5. The molecule has 0 bridgehead atoms. The van der Waals surface area contributed by atoms with Crippen molar-refractivity contribution in [1.29, 1.82) is 0 Å². The van der Waals surface area contributed by atoms with Gasteiger partial charge in [-0.15, -0.1) is 0 Å². The van der Waals surface area contributed by atoms with E-state index in [0.29, 0.717) is 6.29 Å². The summed E-state index contributed by atoms with van der Waals surface area (Å²) in [6.45, 7) is 8.40. The first-order valence-corrected chi connectivity index (χ1v) is 10.8. The summed E-state index contributed by atoms with van der Waals surface area (Å²) in [6.07, 6.45) is 0.731. The number of ether oxygens (including phenoxy) is 1. The number of hydrogen-bond donors (Lipinski definition) is 5. The van der Waals surface area contributed by atoms with E-state index in [1.807, 2.05) is 50.4 Å². The predicted molar refractivity (Wildman–Crippen MR) is 127 cm³/mol. The maximum Gasteiger partial charge on any atom is 0.408 e. The van der Waals surface area contributed by atoms with E-state index < -0.39 is 37.1 Å². The average molecular weight is 487 g/mol. The fraction of sp³-hybridized carbons (Fsp3) is 0.522. The van der Waals surface area contributed by atoms with Gasteiger partial charge in [0.2, 0.25) is 0 Å². The lowest BCUT2D eigenvalue weighted by Crippen LogP contribution is -2.41. The summed E-state index contributed by atoms with van der Waals surface area (Å²) >= 11 is 0. The summed E-state index contributed by atoms with van der Waals surface area (Å²) in [4.78, 5) is 53.0. The van der Waals surface area contributed by atoms with Crippen LogP contribution in [0.4, 0.5) is 4.79 Å². The van der Waals surface area contributed by atoms with E-state index >= 15 is 0 Å². The maximum absolute atomic E-state index is 11.5. The Morgan fingerprint density at radius 3 is 2.06 bits per heavy atom. The number of aryl methyl sites for hydroxylation is 1. The third kappa shape index (κ3) is 20.4. The van der Waals surface area contributed by atoms with E-state index in [1.165, 1.54) is 5.56 Å². The Balaban J connectivity index is -0.000000495. The highest BCUT2D eigenvalue weighted by atomic mass is 16.5. The van der Waals surface area contributed by atoms with Crippen molar-refractivity contribution < 1.29 is 44.0 Å². The van der Waals surface area contributed by atoms with Crippen LogP contribution in [-0.4, -0.2) is 71.8 Å². The van der Waals surface area contributed by atoms with Crippen LogP contribution in [0.1, 0.15) is 62.4 Å². The minimum Gasteiger partial charge on any atom is -0.481 e. The van der Waals surface area contributed by atoms with Gasteiger partial charge in [-0.3, -0.25) is 14.4 Å². The van der Waals surface area contributed by atoms with E-state index in [9.17, 15) is 24.0 Å². The number of rotatable bonds is 11. The minimum atomic E-state index is -1.37. The van der Waals surface area contributed by atoms with Crippen LogP contribution in [-0.2, 0) is 19.1 Å². The minimum absolute atomic E-state index is 0.0263. The van der Waals surface area contributed by atoms with Crippen molar-refractivity contribution in [1.82, 2.24) is 10.6 Å². The van der Waals surface area contributed by atoms with Crippen LogP contribution in [0.25, 0.3) is 0 Å². The molecular formula is C23H38N2O9. The van der Waals surface area contributed by atoms with Crippen LogP contribution in [0.15, 0.2) is 24.3 Å². The molecule has 0 aliphatic carbocycles. The van der Waals surface area contributed by atoms with Gasteiger partial charge in [-0.25, -0.2) is 9.59 Å². The second kappa shape index (κ2) is 24.2. The highest BCUT2D eigenvalue weighted by molar-refractivity contribution is 5.94. The van der Waals surface area contributed by atoms with Gasteiger partial charge in [0.1, 0.15) is 12.6 Å². The highest BCUT2D eigenvalue weighted by Crippen LogP contribution is 2.02. The Morgan fingerprint density at radius 1 is 1.06 bits per heavy atom. The Morgan fingerprint density at radius 2 is 1.62 bits per heavy atom. The fourth-order valence-electron chi connectivity index (χ4n) is 2.00. The molecule has 1 unspecified atom stereocenters. The lowest BCUT2D eigenvalue weighted by molar-refractivity contribution is -0.140. The molecule has 2 amide bonds. The van der Waals surface area contributed by atoms with E-state index in [4.69, 9.17) is 15.3 Å². The molecule has 194 valence electrons. The van der Waals surface area contributed by atoms with Crippen molar-refractivity contribution in [3.05, 3.63) is 35.4 Å². The molecule has 34 heavy (non-hydrogen) atoms. The summed E-state index contributed by atoms with van der Waals surface area (Å²) in [7, 11) is 1.00. The van der Waals surface area contributed by atoms with Crippen LogP contribution >= 0.6 is 0 Å². The van der Waals surface area contributed by atoms with Crippen molar-refractivity contribution in [2.45, 2.75) is 59.4 Å². The number of amides is 2. The molecule has 11 nitrogen and oxygen atoms in total. The number of benzene rings is 1. The molecule has 11 heteroatoms. The molecule has 1 aromatic rings. The number of aliphatic carboxylic acids is 2. The van der Waals surface area contributed by atoms with Gasteiger partial charge >= 0.3 is 18.0 Å². The van der Waals surface area contributed by atoms with Crippen molar-refractivity contribution in [3.8, 4) is 0 Å². The highest BCUT2D eigenvalue weighted by Gasteiger charge is 2.21. The number of alkyl carbamates (subject to hydrolysis) is 1. The zero-order valence-electron chi connectivity index (χ0n) is 20.5. The lowest BCUT2D eigenvalue weighted by Gasteiger charge is -2.12. The molecule has 0 aromatic heterocycles. The second-order valence-electron chi connectivity index (χ2n) is 6.21. The molecule has 1 aromatic carbocycles. The fourth-order valence-corrected chi connectivity index (χ4v) is 2.00. The van der Waals surface area contributed by atoms with E-state index in [2.05, 4.69) is 17.0 Å². The van der Waals surface area contributed by atoms with E-state index in [-0.39, 0.29) is 12.3 Å². The number of aliphatic hydroxyl groups excluding tert-OH is 1. The normalized spacial score (nSPS) is 9.71. The molecule has 0 saturated heterocycles. The quantitative estimate of drug-likeness (QED) is 0.232. The number of hydrogen-bond acceptors (Lipinski definition) is 7. The Hall–Kier alpha value is -3.47. The van der Waals surface area contributed by atoms with Crippen molar-refractivity contribution in [2.75, 3.05) is 20.3 Å². The molecule has 0 aliphatic rings. The van der Waals surface area contributed by atoms with Gasteiger partial charge in [0, 0.05) is 25.6 Å². The van der Waals surface area contributed by atoms with Crippen molar-refractivity contribution in [3.63, 3.8) is 0 Å². The SMILES string of the molecule is CC.CCCCNC(=O)c1ccc(C)cc1.CO.O=CCOC(=O)NC(CCC(=O)O)C(=O)O. The molecule has 1 atom stereocenters. The molecule has 0 fully saturated rings. The van der Waals surface area contributed by atoms with Gasteiger partial charge in [0.15, 0.2) is 6.29 Å². The number of unbranched alkanes of at least 4 members (excludes halogenated alkanes) is 1. The first-order valence-electron chi connectivity index (χ1n) is 10.8.